The van der Waals surface area contributed by atoms with Gasteiger partial charge in [0.2, 0.25) is 5.91 Å². The molecular weight excluding hydrogens is 723 g/mol. The molecule has 0 aliphatic carbocycles. The summed E-state index contributed by atoms with van der Waals surface area (Å²) < 4.78 is 46.5. The minimum absolute atomic E-state index is 0.0161. The van der Waals surface area contributed by atoms with Crippen LogP contribution in [0.25, 0.3) is 0 Å². The smallest absolute Gasteiger partial charge is 0.417 e. The lowest BCUT2D eigenvalue weighted by atomic mass is 9.83. The number of hydrogen-bond donors (Lipinski definition) is 1. The molecule has 1 fully saturated rings. The molecule has 6 aromatic carbocycles. The van der Waals surface area contributed by atoms with E-state index in [9.17, 15) is 13.6 Å². The molecule has 0 bridgehead atoms. The number of hydrogen-bond acceptors (Lipinski definition) is 6. The quantitative estimate of drug-likeness (QED) is 0.106. The molecule has 4 atom stereocenters. The number of carbonyl (C=O) groups is 2. The Bertz CT molecular complexity index is 2220. The van der Waals surface area contributed by atoms with Crippen LogP contribution in [0.2, 0.25) is 0 Å². The zero-order chi connectivity index (χ0) is 39.6. The van der Waals surface area contributed by atoms with Crippen LogP contribution in [0.5, 0.6) is 11.5 Å². The summed E-state index contributed by atoms with van der Waals surface area (Å²) in [5, 5.41) is 3.55. The number of ether oxygens (including phenoxy) is 3. The third-order valence-electron chi connectivity index (χ3n) is 10.3. The molecule has 0 unspecified atom stereocenters. The van der Waals surface area contributed by atoms with Crippen molar-refractivity contribution >= 4 is 17.7 Å². The van der Waals surface area contributed by atoms with E-state index in [0.717, 1.165) is 22.3 Å². The standard InChI is InChI=1S/C48H44F2N2O5/c1-33(36-18-20-38(49)21-19-36)17-27-43(47(53)52-44(32-57-48(52)54)37-15-9-4-10-16-37)46(51-40-24-22-39(50)23-25-40)42-28-26-41(55-30-34-11-5-2-6-12-34)29-45(42)56-31-35-13-7-3-8-14-35/h2-16,18-26,28-29,33,43-44,46,51H,17,27,30-32H2,1H3/t33-,43+,44+,46+/m0/s1. The van der Waals surface area contributed by atoms with Gasteiger partial charge in [-0.25, -0.2) is 18.5 Å². The van der Waals surface area contributed by atoms with E-state index in [1.807, 2.05) is 116 Å². The Labute approximate surface area is 331 Å². The van der Waals surface area contributed by atoms with Crippen molar-refractivity contribution < 1.29 is 32.6 Å². The molecule has 1 heterocycles. The first-order chi connectivity index (χ1) is 27.8. The van der Waals surface area contributed by atoms with Crippen LogP contribution in [-0.2, 0) is 22.7 Å². The summed E-state index contributed by atoms with van der Waals surface area (Å²) in [5.41, 5.74) is 4.82. The zero-order valence-corrected chi connectivity index (χ0v) is 31.6. The van der Waals surface area contributed by atoms with Crippen LogP contribution in [0.3, 0.4) is 0 Å². The number of halogens is 2. The fraction of sp³-hybridized carbons (Fsp3) is 0.208. The molecule has 290 valence electrons. The van der Waals surface area contributed by atoms with Gasteiger partial charge in [-0.15, -0.1) is 0 Å². The molecule has 57 heavy (non-hydrogen) atoms. The predicted molar refractivity (Wildman–Crippen MR) is 216 cm³/mol. The third kappa shape index (κ3) is 9.86. The second kappa shape index (κ2) is 18.4. The molecule has 0 aromatic heterocycles. The Morgan fingerprint density at radius 2 is 1.32 bits per heavy atom. The molecule has 1 N–H and O–H groups in total. The molecule has 0 saturated carbocycles. The van der Waals surface area contributed by atoms with Gasteiger partial charge in [-0.2, -0.15) is 0 Å². The Morgan fingerprint density at radius 3 is 1.95 bits per heavy atom. The topological polar surface area (TPSA) is 77.1 Å². The molecule has 2 amide bonds. The zero-order valence-electron chi connectivity index (χ0n) is 31.6. The van der Waals surface area contributed by atoms with Crippen LogP contribution in [0.4, 0.5) is 19.3 Å². The highest BCUT2D eigenvalue weighted by molar-refractivity contribution is 5.95. The van der Waals surface area contributed by atoms with Gasteiger partial charge in [0.1, 0.15) is 49.0 Å². The van der Waals surface area contributed by atoms with Crippen LogP contribution in [-0.4, -0.2) is 23.5 Å². The van der Waals surface area contributed by atoms with Crippen molar-refractivity contribution in [3.63, 3.8) is 0 Å². The molecule has 7 rings (SSSR count). The Kier molecular flexibility index (Phi) is 12.5. The van der Waals surface area contributed by atoms with Crippen LogP contribution in [0.1, 0.15) is 65.6 Å². The maximum Gasteiger partial charge on any atom is 0.417 e. The number of imide groups is 1. The molecule has 0 spiro atoms. The summed E-state index contributed by atoms with van der Waals surface area (Å²) in [5.74, 6) is -1.08. The number of nitrogens with one attached hydrogen (secondary N) is 1. The minimum Gasteiger partial charge on any atom is -0.489 e. The molecule has 1 saturated heterocycles. The average molecular weight is 767 g/mol. The number of carbonyl (C=O) groups excluding carboxylic acids is 2. The number of rotatable bonds is 16. The van der Waals surface area contributed by atoms with Gasteiger partial charge in [0.15, 0.2) is 0 Å². The molecule has 1 aliphatic heterocycles. The van der Waals surface area contributed by atoms with E-state index in [2.05, 4.69) is 5.32 Å². The average Bonchev–Trinajstić information content (AvgIpc) is 3.64. The van der Waals surface area contributed by atoms with Crippen molar-refractivity contribution in [3.8, 4) is 11.5 Å². The first kappa shape index (κ1) is 38.8. The van der Waals surface area contributed by atoms with E-state index in [4.69, 9.17) is 14.2 Å². The highest BCUT2D eigenvalue weighted by atomic mass is 19.1. The molecule has 0 radical (unpaired) electrons. The lowest BCUT2D eigenvalue weighted by molar-refractivity contribution is -0.134. The maximum absolute atomic E-state index is 15.2. The van der Waals surface area contributed by atoms with E-state index in [1.54, 1.807) is 24.3 Å². The van der Waals surface area contributed by atoms with Crippen molar-refractivity contribution in [2.24, 2.45) is 5.92 Å². The Morgan fingerprint density at radius 1 is 0.737 bits per heavy atom. The molecule has 9 heteroatoms. The van der Waals surface area contributed by atoms with Crippen molar-refractivity contribution in [2.75, 3.05) is 11.9 Å². The lowest BCUT2D eigenvalue weighted by Crippen LogP contribution is -2.42. The van der Waals surface area contributed by atoms with E-state index >= 15 is 4.79 Å². The third-order valence-corrected chi connectivity index (χ3v) is 10.3. The molecule has 7 nitrogen and oxygen atoms in total. The summed E-state index contributed by atoms with van der Waals surface area (Å²) in [7, 11) is 0. The predicted octanol–water partition coefficient (Wildman–Crippen LogP) is 11.2. The first-order valence-electron chi connectivity index (χ1n) is 19.1. The molecular formula is C48H44F2N2O5. The van der Waals surface area contributed by atoms with Gasteiger partial charge in [0.05, 0.1) is 12.0 Å². The van der Waals surface area contributed by atoms with Crippen LogP contribution >= 0.6 is 0 Å². The van der Waals surface area contributed by atoms with E-state index < -0.39 is 35.8 Å². The van der Waals surface area contributed by atoms with Crippen LogP contribution in [0, 0.1) is 17.6 Å². The maximum atomic E-state index is 15.2. The Balaban J connectivity index is 1.31. The second-order valence-corrected chi connectivity index (χ2v) is 14.2. The largest absolute Gasteiger partial charge is 0.489 e. The van der Waals surface area contributed by atoms with Gasteiger partial charge in [0, 0.05) is 17.3 Å². The minimum atomic E-state index is -0.870. The fourth-order valence-electron chi connectivity index (χ4n) is 7.17. The van der Waals surface area contributed by atoms with Crippen LogP contribution in [0.15, 0.2) is 158 Å². The highest BCUT2D eigenvalue weighted by Crippen LogP contribution is 2.42. The summed E-state index contributed by atoms with van der Waals surface area (Å²) in [6, 6.07) is 45.3. The normalized spacial score (nSPS) is 15.3. The van der Waals surface area contributed by atoms with Gasteiger partial charge in [-0.3, -0.25) is 4.79 Å². The number of amides is 2. The lowest BCUT2D eigenvalue weighted by Gasteiger charge is -2.33. The number of anilines is 1. The van der Waals surface area contributed by atoms with Crippen molar-refractivity contribution in [2.45, 2.75) is 51.0 Å². The molecule has 1 aliphatic rings. The van der Waals surface area contributed by atoms with E-state index in [-0.39, 0.29) is 24.9 Å². The summed E-state index contributed by atoms with van der Waals surface area (Å²) >= 11 is 0. The van der Waals surface area contributed by atoms with Crippen LogP contribution < -0.4 is 14.8 Å². The number of nitrogens with zero attached hydrogens (tertiary/aromatic N) is 1. The number of cyclic esters (lactones) is 1. The summed E-state index contributed by atoms with van der Waals surface area (Å²) in [6.45, 7) is 2.60. The van der Waals surface area contributed by atoms with E-state index in [0.29, 0.717) is 42.2 Å². The van der Waals surface area contributed by atoms with Gasteiger partial charge < -0.3 is 19.5 Å². The second-order valence-electron chi connectivity index (χ2n) is 14.2. The summed E-state index contributed by atoms with van der Waals surface area (Å²) in [4.78, 5) is 30.0. The van der Waals surface area contributed by atoms with Gasteiger partial charge in [-0.05, 0) is 89.5 Å². The van der Waals surface area contributed by atoms with Crippen molar-refractivity contribution in [3.05, 3.63) is 197 Å². The highest BCUT2D eigenvalue weighted by Gasteiger charge is 2.44. The van der Waals surface area contributed by atoms with Gasteiger partial charge in [-0.1, -0.05) is 110 Å². The van der Waals surface area contributed by atoms with Gasteiger partial charge >= 0.3 is 6.09 Å². The number of benzene rings is 6. The van der Waals surface area contributed by atoms with Gasteiger partial charge in [0.25, 0.3) is 0 Å². The molecule has 6 aromatic rings. The fourth-order valence-corrected chi connectivity index (χ4v) is 7.17. The van der Waals surface area contributed by atoms with E-state index in [1.165, 1.54) is 29.2 Å². The monoisotopic (exact) mass is 766 g/mol. The summed E-state index contributed by atoms with van der Waals surface area (Å²) in [6.07, 6.45) is 0.101. The van der Waals surface area contributed by atoms with Crippen molar-refractivity contribution in [1.29, 1.82) is 0 Å². The van der Waals surface area contributed by atoms with Crippen molar-refractivity contribution in [1.82, 2.24) is 4.90 Å². The first-order valence-corrected chi connectivity index (χ1v) is 19.1. The Hall–Kier alpha value is -6.48. The SMILES string of the molecule is C[C@@H](CC[C@@H](C(=O)N1C(=O)OC[C@@H]1c1ccccc1)[C@H](Nc1ccc(F)cc1)c1ccc(OCc2ccccc2)cc1OCc1ccccc1)c1ccc(F)cc1.